The van der Waals surface area contributed by atoms with Gasteiger partial charge in [-0.3, -0.25) is 0 Å². The minimum absolute atomic E-state index is 0.284. The minimum atomic E-state index is -0.284. The van der Waals surface area contributed by atoms with Gasteiger partial charge in [0.2, 0.25) is 0 Å². The van der Waals surface area contributed by atoms with Crippen molar-refractivity contribution < 1.29 is 8.83 Å². The van der Waals surface area contributed by atoms with Gasteiger partial charge in [0, 0.05) is 43.7 Å². The molecule has 2 aliphatic heterocycles. The smallest absolute Gasteiger partial charge is 0.136 e. The summed E-state index contributed by atoms with van der Waals surface area (Å²) in [7, 11) is 0. The first-order valence-corrected chi connectivity index (χ1v) is 18.1. The van der Waals surface area contributed by atoms with Crippen molar-refractivity contribution in [3.63, 3.8) is 0 Å². The van der Waals surface area contributed by atoms with E-state index in [-0.39, 0.29) is 10.8 Å². The van der Waals surface area contributed by atoms with Gasteiger partial charge < -0.3 is 18.6 Å². The predicted octanol–water partition coefficient (Wildman–Crippen LogP) is 13.7. The summed E-state index contributed by atoms with van der Waals surface area (Å²) in [6.45, 7) is 9.37. The third-order valence-corrected chi connectivity index (χ3v) is 11.7. The molecule has 4 nitrogen and oxygen atoms in total. The lowest BCUT2D eigenvalue weighted by atomic mass is 9.71. The minimum Gasteiger partial charge on any atom is -0.456 e. The van der Waals surface area contributed by atoms with Crippen LogP contribution in [0.1, 0.15) is 49.9 Å². The number of rotatable bonds is 2. The van der Waals surface area contributed by atoms with Gasteiger partial charge in [-0.05, 0) is 95.1 Å². The second-order valence-corrected chi connectivity index (χ2v) is 15.3. The van der Waals surface area contributed by atoms with Gasteiger partial charge in [-0.2, -0.15) is 0 Å². The quantitative estimate of drug-likeness (QED) is 0.183. The van der Waals surface area contributed by atoms with Gasteiger partial charge in [0.15, 0.2) is 0 Å². The summed E-state index contributed by atoms with van der Waals surface area (Å²) in [5.74, 6) is 0. The molecule has 0 aliphatic carbocycles. The third kappa shape index (κ3) is 3.76. The Hall–Kier alpha value is -6.26. The second-order valence-electron chi connectivity index (χ2n) is 15.3. The van der Waals surface area contributed by atoms with Gasteiger partial charge >= 0.3 is 0 Å². The highest BCUT2D eigenvalue weighted by atomic mass is 16.3. The van der Waals surface area contributed by atoms with Crippen LogP contribution in [0.4, 0.5) is 34.1 Å². The van der Waals surface area contributed by atoms with Gasteiger partial charge in [0.05, 0.1) is 22.7 Å². The van der Waals surface area contributed by atoms with Gasteiger partial charge in [-0.25, -0.2) is 0 Å². The maximum atomic E-state index is 6.84. The van der Waals surface area contributed by atoms with E-state index in [4.69, 9.17) is 8.83 Å². The zero-order chi connectivity index (χ0) is 34.9. The van der Waals surface area contributed by atoms with Crippen molar-refractivity contribution in [1.29, 1.82) is 0 Å². The number of para-hydroxylation sites is 4. The average molecular weight is 673 g/mol. The number of anilines is 6. The van der Waals surface area contributed by atoms with E-state index in [1.165, 1.54) is 45.0 Å². The number of hydrogen-bond donors (Lipinski definition) is 0. The summed E-state index contributed by atoms with van der Waals surface area (Å²) < 4.78 is 13.7. The first-order chi connectivity index (χ1) is 25.3. The van der Waals surface area contributed by atoms with Gasteiger partial charge in [-0.1, -0.05) is 100 Å². The largest absolute Gasteiger partial charge is 0.456 e. The first-order valence-electron chi connectivity index (χ1n) is 18.1. The Kier molecular flexibility index (Phi) is 5.76. The SMILES string of the molecule is CC1(C)c2ccccc2N(c2ccccc2)c2ccc3oc4cc5c(cc4c3c21)oc1ccc2c(c15)C(C)(C)c1ccccc1N2c1ccccc1. The number of nitrogens with zero attached hydrogens (tertiary/aromatic N) is 2. The van der Waals surface area contributed by atoms with E-state index >= 15 is 0 Å². The lowest BCUT2D eigenvalue weighted by Crippen LogP contribution is -2.30. The van der Waals surface area contributed by atoms with Crippen LogP contribution in [0, 0.1) is 0 Å². The Bertz CT molecular complexity index is 2710. The van der Waals surface area contributed by atoms with Crippen molar-refractivity contribution in [2.24, 2.45) is 0 Å². The predicted molar refractivity (Wildman–Crippen MR) is 215 cm³/mol. The molecule has 2 aromatic heterocycles. The molecule has 0 saturated carbocycles. The molecule has 0 atom stereocenters. The Morgan fingerprint density at radius 2 is 0.769 bits per heavy atom. The molecule has 0 radical (unpaired) electrons. The number of fused-ring (bicyclic) bond motifs is 12. The Morgan fingerprint density at radius 3 is 1.19 bits per heavy atom. The van der Waals surface area contributed by atoms with Crippen LogP contribution in [0.25, 0.3) is 43.9 Å². The average Bonchev–Trinajstić information content (AvgIpc) is 3.72. The van der Waals surface area contributed by atoms with Crippen molar-refractivity contribution >= 4 is 78.0 Å². The fraction of sp³-hybridized carbons (Fsp3) is 0.125. The maximum Gasteiger partial charge on any atom is 0.136 e. The molecule has 0 saturated heterocycles. The monoisotopic (exact) mass is 672 g/mol. The third-order valence-electron chi connectivity index (χ3n) is 11.7. The highest BCUT2D eigenvalue weighted by molar-refractivity contribution is 6.19. The summed E-state index contributed by atoms with van der Waals surface area (Å²) in [5.41, 5.74) is 15.1. The highest BCUT2D eigenvalue weighted by Gasteiger charge is 2.41. The fourth-order valence-electron chi connectivity index (χ4n) is 9.48. The molecule has 0 unspecified atom stereocenters. The van der Waals surface area contributed by atoms with Crippen LogP contribution in [0.15, 0.2) is 154 Å². The van der Waals surface area contributed by atoms with E-state index in [0.29, 0.717) is 0 Å². The van der Waals surface area contributed by atoms with Crippen LogP contribution in [0.5, 0.6) is 0 Å². The lowest BCUT2D eigenvalue weighted by molar-refractivity contribution is 0.634. The molecule has 4 heteroatoms. The molecule has 9 aromatic rings. The Balaban J connectivity index is 1.20. The zero-order valence-corrected chi connectivity index (χ0v) is 29.6. The molecule has 0 bridgehead atoms. The van der Waals surface area contributed by atoms with E-state index in [9.17, 15) is 0 Å². The molecule has 11 rings (SSSR count). The second kappa shape index (κ2) is 10.2. The number of benzene rings is 7. The van der Waals surface area contributed by atoms with Crippen LogP contribution < -0.4 is 9.80 Å². The molecule has 0 fully saturated rings. The summed E-state index contributed by atoms with van der Waals surface area (Å²) in [6, 6.07) is 52.2. The van der Waals surface area contributed by atoms with Crippen LogP contribution in [-0.2, 0) is 10.8 Å². The molecule has 0 N–H and O–H groups in total. The molecule has 7 aromatic carbocycles. The summed E-state index contributed by atoms with van der Waals surface area (Å²) in [6.07, 6.45) is 0. The van der Waals surface area contributed by atoms with Crippen LogP contribution in [-0.4, -0.2) is 0 Å². The van der Waals surface area contributed by atoms with Crippen molar-refractivity contribution in [2.45, 2.75) is 38.5 Å². The standard InChI is InChI=1S/C48H36N2O2/c1-47(2)33-19-11-13-21-35(33)49(29-15-7-5-8-16-29)37-23-25-39-43(45(37)47)31-27-42-32(28-41(31)51-39)44-40(52-42)26-24-38-46(44)48(3,4)34-20-12-14-22-36(34)50(38)30-17-9-6-10-18-30/h5-28H,1-4H3. The van der Waals surface area contributed by atoms with Crippen molar-refractivity contribution in [2.75, 3.05) is 9.80 Å². The van der Waals surface area contributed by atoms with Crippen LogP contribution in [0.2, 0.25) is 0 Å². The molecule has 4 heterocycles. The highest BCUT2D eigenvalue weighted by Crippen LogP contribution is 2.57. The molecular formula is C48H36N2O2. The van der Waals surface area contributed by atoms with E-state index in [2.05, 4.69) is 183 Å². The van der Waals surface area contributed by atoms with Gasteiger partial charge in [0.25, 0.3) is 0 Å². The number of hydrogen-bond acceptors (Lipinski definition) is 4. The topological polar surface area (TPSA) is 32.8 Å². The summed E-state index contributed by atoms with van der Waals surface area (Å²) in [4.78, 5) is 4.80. The van der Waals surface area contributed by atoms with E-state index in [0.717, 1.165) is 55.3 Å². The molecule has 2 aliphatic rings. The van der Waals surface area contributed by atoms with Crippen molar-refractivity contribution in [3.05, 3.63) is 168 Å². The van der Waals surface area contributed by atoms with E-state index < -0.39 is 0 Å². The molecule has 52 heavy (non-hydrogen) atoms. The van der Waals surface area contributed by atoms with E-state index in [1.54, 1.807) is 0 Å². The fourth-order valence-corrected chi connectivity index (χ4v) is 9.48. The van der Waals surface area contributed by atoms with Crippen LogP contribution in [0.3, 0.4) is 0 Å². The summed E-state index contributed by atoms with van der Waals surface area (Å²) >= 11 is 0. The molecule has 250 valence electrons. The molecule has 0 amide bonds. The maximum absolute atomic E-state index is 6.84. The van der Waals surface area contributed by atoms with Crippen molar-refractivity contribution in [3.8, 4) is 0 Å². The molecule has 0 spiro atoms. The van der Waals surface area contributed by atoms with Crippen LogP contribution >= 0.6 is 0 Å². The number of furan rings is 2. The first kappa shape index (κ1) is 29.5. The van der Waals surface area contributed by atoms with E-state index in [1.807, 2.05) is 0 Å². The lowest BCUT2D eigenvalue weighted by Gasteiger charge is -2.42. The van der Waals surface area contributed by atoms with Crippen molar-refractivity contribution in [1.82, 2.24) is 0 Å². The normalized spacial score (nSPS) is 15.5. The zero-order valence-electron chi connectivity index (χ0n) is 29.6. The summed E-state index contributed by atoms with van der Waals surface area (Å²) in [5, 5.41) is 4.43. The molecular weight excluding hydrogens is 637 g/mol. The Morgan fingerprint density at radius 1 is 0.385 bits per heavy atom. The Labute approximate surface area is 302 Å². The van der Waals surface area contributed by atoms with Gasteiger partial charge in [0.1, 0.15) is 22.3 Å². The van der Waals surface area contributed by atoms with Gasteiger partial charge in [-0.15, -0.1) is 0 Å².